The zero-order chi connectivity index (χ0) is 22.0. The van der Waals surface area contributed by atoms with E-state index in [1.807, 2.05) is 0 Å². The normalized spacial score (nSPS) is 11.8. The Kier molecular flexibility index (Phi) is 6.16. The fourth-order valence-electron chi connectivity index (χ4n) is 2.56. The summed E-state index contributed by atoms with van der Waals surface area (Å²) >= 11 is 0. The number of nitrogens with zero attached hydrogens (tertiary/aromatic N) is 2. The Hall–Kier alpha value is -3.15. The maximum atomic E-state index is 12.8. The van der Waals surface area contributed by atoms with Gasteiger partial charge in [0.2, 0.25) is 15.9 Å². The van der Waals surface area contributed by atoms with Gasteiger partial charge in [-0.3, -0.25) is 19.2 Å². The van der Waals surface area contributed by atoms with Crippen LogP contribution in [0.15, 0.2) is 42.5 Å². The summed E-state index contributed by atoms with van der Waals surface area (Å²) in [5, 5.41) is 13.3. The third-order valence-corrected chi connectivity index (χ3v) is 5.03. The van der Waals surface area contributed by atoms with Crippen molar-refractivity contribution >= 4 is 33.0 Å². The molecule has 0 aliphatic carbocycles. The number of benzene rings is 2. The number of alkyl halides is 3. The van der Waals surface area contributed by atoms with Gasteiger partial charge in [0.1, 0.15) is 6.54 Å². The summed E-state index contributed by atoms with van der Waals surface area (Å²) in [5.74, 6) is -0.916. The van der Waals surface area contributed by atoms with Gasteiger partial charge in [0.05, 0.1) is 28.0 Å². The smallest absolute Gasteiger partial charge is 0.325 e. The van der Waals surface area contributed by atoms with Crippen LogP contribution in [0.1, 0.15) is 11.1 Å². The molecule has 0 atom stereocenters. The molecule has 2 aromatic rings. The maximum Gasteiger partial charge on any atom is 0.416 e. The fourth-order valence-corrected chi connectivity index (χ4v) is 3.47. The molecule has 8 nitrogen and oxygen atoms in total. The van der Waals surface area contributed by atoms with Gasteiger partial charge in [-0.2, -0.15) is 13.2 Å². The zero-order valence-electron chi connectivity index (χ0n) is 15.2. The number of nitro groups is 1. The number of halogens is 3. The number of hydrogen-bond donors (Lipinski definition) is 1. The largest absolute Gasteiger partial charge is 0.416 e. The maximum absolute atomic E-state index is 12.8. The molecule has 1 amide bonds. The van der Waals surface area contributed by atoms with E-state index in [-0.39, 0.29) is 22.6 Å². The first-order valence-corrected chi connectivity index (χ1v) is 9.84. The monoisotopic (exact) mass is 431 g/mol. The van der Waals surface area contributed by atoms with Crippen LogP contribution in [0.2, 0.25) is 0 Å². The highest BCUT2D eigenvalue weighted by atomic mass is 32.2. The first kappa shape index (κ1) is 22.1. The topological polar surface area (TPSA) is 110 Å². The van der Waals surface area contributed by atoms with Crippen molar-refractivity contribution in [2.24, 2.45) is 0 Å². The van der Waals surface area contributed by atoms with Crippen LogP contribution >= 0.6 is 0 Å². The van der Waals surface area contributed by atoms with Crippen LogP contribution in [0.5, 0.6) is 0 Å². The average Bonchev–Trinajstić information content (AvgIpc) is 2.58. The third-order valence-electron chi connectivity index (χ3n) is 3.90. The molecule has 0 heterocycles. The minimum Gasteiger partial charge on any atom is -0.325 e. The minimum atomic E-state index is -4.61. The predicted octanol–water partition coefficient (Wildman–Crippen LogP) is 3.33. The van der Waals surface area contributed by atoms with E-state index >= 15 is 0 Å². The number of nitrogens with one attached hydrogen (secondary N) is 1. The molecule has 0 bridgehead atoms. The molecule has 0 saturated carbocycles. The molecule has 0 radical (unpaired) electrons. The van der Waals surface area contributed by atoms with Crippen LogP contribution in [0.3, 0.4) is 0 Å². The Morgan fingerprint density at radius 1 is 1.21 bits per heavy atom. The molecule has 0 aliphatic heterocycles. The van der Waals surface area contributed by atoms with E-state index < -0.39 is 39.1 Å². The lowest BCUT2D eigenvalue weighted by Gasteiger charge is -2.23. The number of carbonyl (C=O) groups excluding carboxylic acids is 1. The van der Waals surface area contributed by atoms with E-state index in [4.69, 9.17) is 0 Å². The quantitative estimate of drug-likeness (QED) is 0.557. The number of anilines is 2. The van der Waals surface area contributed by atoms with Gasteiger partial charge in [-0.05, 0) is 31.2 Å². The van der Waals surface area contributed by atoms with Gasteiger partial charge in [0.15, 0.2) is 0 Å². The number of hydrogen-bond acceptors (Lipinski definition) is 5. The van der Waals surface area contributed by atoms with Crippen LogP contribution in [-0.2, 0) is 21.0 Å². The van der Waals surface area contributed by atoms with Gasteiger partial charge in [-0.1, -0.05) is 12.1 Å². The van der Waals surface area contributed by atoms with Crippen LogP contribution in [-0.4, -0.2) is 32.0 Å². The van der Waals surface area contributed by atoms with Crippen molar-refractivity contribution in [3.8, 4) is 0 Å². The van der Waals surface area contributed by atoms with Crippen molar-refractivity contribution in [2.75, 3.05) is 22.4 Å². The first-order chi connectivity index (χ1) is 13.3. The predicted molar refractivity (Wildman–Crippen MR) is 100 cm³/mol. The molecular weight excluding hydrogens is 415 g/mol. The summed E-state index contributed by atoms with van der Waals surface area (Å²) < 4.78 is 63.3. The van der Waals surface area contributed by atoms with E-state index in [0.29, 0.717) is 10.4 Å². The molecular formula is C17H16F3N3O5S. The molecule has 156 valence electrons. The molecule has 1 N–H and O–H groups in total. The van der Waals surface area contributed by atoms with Crippen LogP contribution < -0.4 is 9.62 Å². The van der Waals surface area contributed by atoms with Crippen LogP contribution in [0, 0.1) is 17.0 Å². The van der Waals surface area contributed by atoms with Crippen LogP contribution in [0.25, 0.3) is 0 Å². The van der Waals surface area contributed by atoms with Crippen molar-refractivity contribution < 1.29 is 31.3 Å². The van der Waals surface area contributed by atoms with E-state index in [1.54, 1.807) is 0 Å². The van der Waals surface area contributed by atoms with Gasteiger partial charge < -0.3 is 5.32 Å². The Morgan fingerprint density at radius 3 is 2.38 bits per heavy atom. The number of amides is 1. The second kappa shape index (κ2) is 8.07. The lowest BCUT2D eigenvalue weighted by Crippen LogP contribution is -2.38. The van der Waals surface area contributed by atoms with Gasteiger partial charge in [-0.25, -0.2) is 8.42 Å². The first-order valence-electron chi connectivity index (χ1n) is 7.99. The van der Waals surface area contributed by atoms with Crippen molar-refractivity contribution in [1.29, 1.82) is 0 Å². The molecule has 29 heavy (non-hydrogen) atoms. The lowest BCUT2D eigenvalue weighted by molar-refractivity contribution is -0.385. The van der Waals surface area contributed by atoms with Gasteiger partial charge in [-0.15, -0.1) is 0 Å². The number of rotatable bonds is 6. The number of sulfonamides is 1. The van der Waals surface area contributed by atoms with E-state index in [9.17, 15) is 36.5 Å². The second-order valence-corrected chi connectivity index (χ2v) is 7.98. The Morgan fingerprint density at radius 2 is 1.83 bits per heavy atom. The fraction of sp³-hybridized carbons (Fsp3) is 0.235. The van der Waals surface area contributed by atoms with Crippen LogP contribution in [0.4, 0.5) is 30.2 Å². The Balaban J connectivity index is 2.33. The van der Waals surface area contributed by atoms with Crippen molar-refractivity contribution in [1.82, 2.24) is 0 Å². The average molecular weight is 431 g/mol. The molecule has 0 unspecified atom stereocenters. The van der Waals surface area contributed by atoms with Crippen molar-refractivity contribution in [2.45, 2.75) is 13.1 Å². The summed E-state index contributed by atoms with van der Waals surface area (Å²) in [6.07, 6.45) is -3.80. The molecule has 2 rings (SSSR count). The molecule has 0 spiro atoms. The molecule has 0 fully saturated rings. The summed E-state index contributed by atoms with van der Waals surface area (Å²) in [7, 11) is -4.03. The highest BCUT2D eigenvalue weighted by molar-refractivity contribution is 7.92. The molecule has 2 aromatic carbocycles. The van der Waals surface area contributed by atoms with Crippen molar-refractivity contribution in [3.63, 3.8) is 0 Å². The SMILES string of the molecule is Cc1c(N(CC(=O)Nc2cccc(C(F)(F)F)c2)S(C)(=O)=O)cccc1[N+](=O)[O-]. The summed E-state index contributed by atoms with van der Waals surface area (Å²) in [6.45, 7) is 0.549. The highest BCUT2D eigenvalue weighted by Gasteiger charge is 2.31. The molecule has 0 aromatic heterocycles. The number of nitro benzene ring substituents is 1. The lowest BCUT2D eigenvalue weighted by atomic mass is 10.1. The summed E-state index contributed by atoms with van der Waals surface area (Å²) in [4.78, 5) is 22.7. The zero-order valence-corrected chi connectivity index (χ0v) is 16.0. The summed E-state index contributed by atoms with van der Waals surface area (Å²) in [5.41, 5.74) is -1.55. The molecule has 0 aliphatic rings. The van der Waals surface area contributed by atoms with E-state index in [1.165, 1.54) is 31.2 Å². The molecule has 0 saturated heterocycles. The standard InChI is InChI=1S/C17H16F3N3O5S/c1-11-14(7-4-8-15(11)23(25)26)22(29(2,27)28)10-16(24)21-13-6-3-5-12(9-13)17(18,19)20/h3-9H,10H2,1-2H3,(H,21,24). The van der Waals surface area contributed by atoms with Crippen molar-refractivity contribution in [3.05, 3.63) is 63.7 Å². The Bertz CT molecular complexity index is 1050. The minimum absolute atomic E-state index is 0.0230. The number of carbonyl (C=O) groups is 1. The molecule has 12 heteroatoms. The van der Waals surface area contributed by atoms with Gasteiger partial charge in [0, 0.05) is 11.8 Å². The van der Waals surface area contributed by atoms with E-state index in [0.717, 1.165) is 18.4 Å². The Labute approximate surface area is 164 Å². The summed E-state index contributed by atoms with van der Waals surface area (Å²) in [6, 6.07) is 7.59. The van der Waals surface area contributed by atoms with Gasteiger partial charge in [0.25, 0.3) is 5.69 Å². The van der Waals surface area contributed by atoms with Gasteiger partial charge >= 0.3 is 6.18 Å². The second-order valence-electron chi connectivity index (χ2n) is 6.07. The van der Waals surface area contributed by atoms with E-state index in [2.05, 4.69) is 5.32 Å². The highest BCUT2D eigenvalue weighted by Crippen LogP contribution is 2.31. The third kappa shape index (κ3) is 5.44.